The first kappa shape index (κ1) is 24.2. The zero-order chi connectivity index (χ0) is 25.4. The molecule has 0 aromatic heterocycles. The Bertz CT molecular complexity index is 1360. The predicted octanol–water partition coefficient (Wildman–Crippen LogP) is 7.96. The molecule has 190 valence electrons. The number of alkyl halides is 2. The highest BCUT2D eigenvalue weighted by molar-refractivity contribution is 6.00. The lowest BCUT2D eigenvalue weighted by Crippen LogP contribution is -2.40. The minimum absolute atomic E-state index is 0.0574. The number of nitrogens with zero attached hydrogens (tertiary/aromatic N) is 1. The maximum Gasteiger partial charge on any atom is 0.239 e. The van der Waals surface area contributed by atoms with Crippen LogP contribution in [0.4, 0.5) is 13.2 Å². The topological polar surface area (TPSA) is 3.24 Å². The number of halogens is 3. The fourth-order valence-corrected chi connectivity index (χ4v) is 6.31. The second-order valence-electron chi connectivity index (χ2n) is 10.6. The fraction of sp³-hybridized carbons (Fsp3) is 0.333. The number of aryl methyl sites for hydroxylation is 1. The van der Waals surface area contributed by atoms with E-state index in [1.54, 1.807) is 6.07 Å². The molecule has 0 saturated carbocycles. The highest BCUT2D eigenvalue weighted by Crippen LogP contribution is 2.43. The summed E-state index contributed by atoms with van der Waals surface area (Å²) < 4.78 is 39.5. The van der Waals surface area contributed by atoms with Crippen molar-refractivity contribution in [1.29, 1.82) is 0 Å². The number of benzene rings is 3. The van der Waals surface area contributed by atoms with E-state index in [1.165, 1.54) is 44.5 Å². The van der Waals surface area contributed by atoms with Crippen LogP contribution in [0.15, 0.2) is 66.2 Å². The fourth-order valence-electron chi connectivity index (χ4n) is 6.31. The molecule has 3 aromatic rings. The molecule has 0 amide bonds. The lowest BCUT2D eigenvalue weighted by molar-refractivity contribution is 0.111. The van der Waals surface area contributed by atoms with Gasteiger partial charge in [0.2, 0.25) is 6.43 Å². The van der Waals surface area contributed by atoms with Gasteiger partial charge in [0.25, 0.3) is 0 Å². The van der Waals surface area contributed by atoms with Gasteiger partial charge in [0.15, 0.2) is 0 Å². The number of fused-ring (bicyclic) bond motifs is 2. The maximum atomic E-state index is 14.6. The third-order valence-electron chi connectivity index (χ3n) is 8.10. The molecule has 1 aliphatic heterocycles. The Balaban J connectivity index is 1.36. The van der Waals surface area contributed by atoms with Crippen molar-refractivity contribution in [1.82, 2.24) is 4.90 Å². The van der Waals surface area contributed by atoms with E-state index in [9.17, 15) is 13.2 Å². The lowest BCUT2D eigenvalue weighted by atomic mass is 9.85. The molecule has 4 heteroatoms. The molecule has 1 heterocycles. The van der Waals surface area contributed by atoms with Crippen molar-refractivity contribution in [2.45, 2.75) is 51.4 Å². The van der Waals surface area contributed by atoms with E-state index in [0.717, 1.165) is 62.7 Å². The molecular weight excluding hydrogens is 467 g/mol. The van der Waals surface area contributed by atoms with Crippen LogP contribution < -0.4 is 0 Å². The van der Waals surface area contributed by atoms with E-state index < -0.39 is 6.43 Å². The number of allylic oxidation sites excluding steroid dienone is 1. The van der Waals surface area contributed by atoms with Crippen molar-refractivity contribution in [2.24, 2.45) is 0 Å². The van der Waals surface area contributed by atoms with Crippen molar-refractivity contribution in [3.8, 4) is 0 Å². The van der Waals surface area contributed by atoms with E-state index in [-0.39, 0.29) is 12.2 Å². The number of likely N-dealkylation sites (tertiary alicyclic amines) is 1. The van der Waals surface area contributed by atoms with Crippen LogP contribution in [-0.4, -0.2) is 31.0 Å². The van der Waals surface area contributed by atoms with Crippen molar-refractivity contribution < 1.29 is 13.2 Å². The van der Waals surface area contributed by atoms with Crippen LogP contribution in [0.25, 0.3) is 17.2 Å². The quantitative estimate of drug-likeness (QED) is 0.332. The van der Waals surface area contributed by atoms with Crippen LogP contribution in [0.5, 0.6) is 0 Å². The molecule has 1 nitrogen and oxygen atoms in total. The normalized spacial score (nSPS) is 17.5. The third kappa shape index (κ3) is 4.92. The molecule has 0 bridgehead atoms. The van der Waals surface area contributed by atoms with Crippen LogP contribution in [0.1, 0.15) is 64.6 Å². The average molecular weight is 500 g/mol. The maximum absolute atomic E-state index is 14.6. The van der Waals surface area contributed by atoms with Crippen LogP contribution in [0, 0.1) is 5.82 Å². The first-order valence-corrected chi connectivity index (χ1v) is 13.5. The molecule has 0 unspecified atom stereocenters. The molecule has 1 saturated heterocycles. The first-order valence-electron chi connectivity index (χ1n) is 13.5. The molecule has 3 aromatic carbocycles. The van der Waals surface area contributed by atoms with Crippen molar-refractivity contribution in [2.75, 3.05) is 19.6 Å². The SMILES string of the molecule is Fc1ccc(C2=C(c3ccc(C=C4CN(CCC(F)F)C4)cc3)c3ccccc3CCC2)c2c1CCC2. The zero-order valence-electron chi connectivity index (χ0n) is 21.1. The third-order valence-corrected chi connectivity index (χ3v) is 8.10. The van der Waals surface area contributed by atoms with Gasteiger partial charge in [-0.2, -0.15) is 0 Å². The Labute approximate surface area is 217 Å². The molecule has 37 heavy (non-hydrogen) atoms. The summed E-state index contributed by atoms with van der Waals surface area (Å²) in [4.78, 5) is 2.06. The molecule has 0 radical (unpaired) electrons. The Kier molecular flexibility index (Phi) is 6.77. The summed E-state index contributed by atoms with van der Waals surface area (Å²) >= 11 is 0. The minimum atomic E-state index is -2.23. The lowest BCUT2D eigenvalue weighted by Gasteiger charge is -2.34. The molecule has 0 N–H and O–H groups in total. The van der Waals surface area contributed by atoms with Crippen molar-refractivity contribution in [3.05, 3.63) is 111 Å². The zero-order valence-corrected chi connectivity index (χ0v) is 21.1. The van der Waals surface area contributed by atoms with Crippen LogP contribution >= 0.6 is 0 Å². The van der Waals surface area contributed by atoms with Gasteiger partial charge in [0.1, 0.15) is 5.82 Å². The summed E-state index contributed by atoms with van der Waals surface area (Å²) in [5.74, 6) is -0.0615. The Hall–Kier alpha value is -3.11. The highest BCUT2D eigenvalue weighted by atomic mass is 19.3. The summed E-state index contributed by atoms with van der Waals surface area (Å²) in [6, 6.07) is 21.1. The van der Waals surface area contributed by atoms with E-state index in [4.69, 9.17) is 0 Å². The minimum Gasteiger partial charge on any atom is -0.295 e. The second-order valence-corrected chi connectivity index (χ2v) is 10.6. The number of rotatable bonds is 6. The van der Waals surface area contributed by atoms with Crippen LogP contribution in [-0.2, 0) is 19.3 Å². The van der Waals surface area contributed by atoms with Crippen LogP contribution in [0.3, 0.4) is 0 Å². The summed E-state index contributed by atoms with van der Waals surface area (Å²) in [5, 5.41) is 0. The van der Waals surface area contributed by atoms with Gasteiger partial charge in [-0.1, -0.05) is 60.7 Å². The van der Waals surface area contributed by atoms with Gasteiger partial charge in [0.05, 0.1) is 0 Å². The van der Waals surface area contributed by atoms with Gasteiger partial charge in [-0.15, -0.1) is 0 Å². The molecule has 0 spiro atoms. The van der Waals surface area contributed by atoms with E-state index >= 15 is 0 Å². The average Bonchev–Trinajstić information content (AvgIpc) is 3.30. The second kappa shape index (κ2) is 10.3. The van der Waals surface area contributed by atoms with Gasteiger partial charge in [-0.05, 0) is 100 Å². The molecule has 6 rings (SSSR count). The molecule has 2 aliphatic carbocycles. The van der Waals surface area contributed by atoms with Crippen molar-refractivity contribution >= 4 is 17.2 Å². The van der Waals surface area contributed by atoms with Crippen LogP contribution in [0.2, 0.25) is 0 Å². The summed E-state index contributed by atoms with van der Waals surface area (Å²) in [6.45, 7) is 2.00. The number of hydrogen-bond acceptors (Lipinski definition) is 1. The standard InChI is InChI=1S/C33H32F3N/c34-31-16-15-28(27-8-4-9-29(27)31)30-10-3-6-24-5-1-2-7-26(24)33(30)25-13-11-22(12-14-25)19-23-20-37(21-23)18-17-32(35)36/h1-2,5,7,11-16,19,32H,3-4,6,8-10,17-18,20-21H2. The van der Waals surface area contributed by atoms with Gasteiger partial charge in [-0.25, -0.2) is 13.2 Å². The van der Waals surface area contributed by atoms with Crippen molar-refractivity contribution in [3.63, 3.8) is 0 Å². The molecule has 0 atom stereocenters. The van der Waals surface area contributed by atoms with E-state index in [1.807, 2.05) is 6.07 Å². The van der Waals surface area contributed by atoms with E-state index in [0.29, 0.717) is 6.54 Å². The molecular formula is C33H32F3N. The van der Waals surface area contributed by atoms with Gasteiger partial charge in [-0.3, -0.25) is 4.90 Å². The Morgan fingerprint density at radius 2 is 1.54 bits per heavy atom. The summed E-state index contributed by atoms with van der Waals surface area (Å²) in [7, 11) is 0. The van der Waals surface area contributed by atoms with E-state index in [2.05, 4.69) is 59.5 Å². The molecule has 1 fully saturated rings. The monoisotopic (exact) mass is 499 g/mol. The Morgan fingerprint density at radius 3 is 2.35 bits per heavy atom. The summed E-state index contributed by atoms with van der Waals surface area (Å²) in [6.07, 6.45) is 5.79. The highest BCUT2D eigenvalue weighted by Gasteiger charge is 2.25. The number of hydrogen-bond donors (Lipinski definition) is 0. The molecule has 3 aliphatic rings. The first-order chi connectivity index (χ1) is 18.1. The van der Waals surface area contributed by atoms with Gasteiger partial charge in [0, 0.05) is 26.1 Å². The predicted molar refractivity (Wildman–Crippen MR) is 145 cm³/mol. The summed E-state index contributed by atoms with van der Waals surface area (Å²) in [5.41, 5.74) is 12.2. The Morgan fingerprint density at radius 1 is 0.784 bits per heavy atom. The largest absolute Gasteiger partial charge is 0.295 e. The smallest absolute Gasteiger partial charge is 0.239 e. The van der Waals surface area contributed by atoms with Gasteiger partial charge < -0.3 is 0 Å². The van der Waals surface area contributed by atoms with Gasteiger partial charge >= 0.3 is 0 Å².